The number of hydrogen-bond acceptors (Lipinski definition) is 10. The van der Waals surface area contributed by atoms with E-state index in [1.54, 1.807) is 16.9 Å². The number of carboxylic acids is 1. The first-order chi connectivity index (χ1) is 19.8. The van der Waals surface area contributed by atoms with Crippen LogP contribution in [0.25, 0.3) is 27.4 Å². The highest BCUT2D eigenvalue weighted by molar-refractivity contribution is 7.19. The fraction of sp³-hybridized carbons (Fsp3) is 0.107. The predicted octanol–water partition coefficient (Wildman–Crippen LogP) is 4.86. The van der Waals surface area contributed by atoms with Gasteiger partial charge in [-0.1, -0.05) is 76.7 Å². The Kier molecular flexibility index (Phi) is 7.90. The third-order valence-electron chi connectivity index (χ3n) is 6.11. The maximum atomic E-state index is 12.0. The van der Waals surface area contributed by atoms with Crippen molar-refractivity contribution in [2.24, 2.45) is 5.10 Å². The number of aryl methyl sites for hydroxylation is 1. The van der Waals surface area contributed by atoms with Crippen LogP contribution in [0.1, 0.15) is 16.8 Å². The second-order valence-electron chi connectivity index (χ2n) is 8.96. The van der Waals surface area contributed by atoms with E-state index in [-0.39, 0.29) is 30.0 Å². The Balaban J connectivity index is 1.52. The Bertz CT molecular complexity index is 1760. The molecule has 0 unspecified atom stereocenters. The Labute approximate surface area is 237 Å². The normalized spacial score (nSPS) is 11.4. The Morgan fingerprint density at radius 2 is 1.88 bits per heavy atom. The minimum absolute atomic E-state index is 0.182. The first-order valence-electron chi connectivity index (χ1n) is 12.3. The number of nitrogens with one attached hydrogen (secondary N) is 1. The van der Waals surface area contributed by atoms with Gasteiger partial charge in [0.1, 0.15) is 11.4 Å². The van der Waals surface area contributed by atoms with Gasteiger partial charge in [-0.3, -0.25) is 15.5 Å². The van der Waals surface area contributed by atoms with E-state index in [4.69, 9.17) is 4.98 Å². The van der Waals surface area contributed by atoms with Crippen LogP contribution in [0.5, 0.6) is 0 Å². The molecular weight excluding hydrogens is 546 g/mol. The zero-order valence-corrected chi connectivity index (χ0v) is 22.4. The molecule has 0 aliphatic rings. The van der Waals surface area contributed by atoms with Crippen molar-refractivity contribution >= 4 is 33.8 Å². The summed E-state index contributed by atoms with van der Waals surface area (Å²) in [7, 11) is 0. The van der Waals surface area contributed by atoms with Gasteiger partial charge in [0, 0.05) is 23.6 Å². The molecule has 2 heterocycles. The van der Waals surface area contributed by atoms with Gasteiger partial charge in [-0.25, -0.2) is 14.5 Å². The molecule has 0 bridgehead atoms. The van der Waals surface area contributed by atoms with Gasteiger partial charge >= 0.3 is 5.97 Å². The minimum Gasteiger partial charge on any atom is -0.477 e. The maximum Gasteiger partial charge on any atom is 0.352 e. The highest BCUT2D eigenvalue weighted by Crippen LogP contribution is 2.39. The van der Waals surface area contributed by atoms with Crippen LogP contribution in [0.4, 0.5) is 10.8 Å². The molecule has 13 heteroatoms. The van der Waals surface area contributed by atoms with E-state index in [0.29, 0.717) is 16.5 Å². The van der Waals surface area contributed by atoms with Crippen molar-refractivity contribution in [2.45, 2.75) is 20.0 Å². The Morgan fingerprint density at radius 3 is 2.59 bits per heavy atom. The molecule has 3 aromatic carbocycles. The van der Waals surface area contributed by atoms with E-state index in [1.807, 2.05) is 55.5 Å². The highest BCUT2D eigenvalue weighted by Gasteiger charge is 2.20. The van der Waals surface area contributed by atoms with Crippen LogP contribution in [0, 0.1) is 17.0 Å². The van der Waals surface area contributed by atoms with Gasteiger partial charge in [-0.15, -0.1) is 5.10 Å². The molecular formula is C28H23N7O5S. The molecule has 5 rings (SSSR count). The summed E-state index contributed by atoms with van der Waals surface area (Å²) < 4.78 is 1.56. The standard InChI is InChI=1S/C28H23N7O5S/c1-17-9-11-18(12-10-17)25-26(20-6-4-7-22(13-20)34-15-21(16-36)30-33-34)41-28(29-25)32-31-23(27(37)38)14-19-5-2-3-8-24(19)35(39)40/h2-13,15,36H,14,16H2,1H3,(H,29,32)(H,37,38)/b31-23+. The number of nitro groups is 1. The summed E-state index contributed by atoms with van der Waals surface area (Å²) in [5, 5.41) is 42.9. The predicted molar refractivity (Wildman–Crippen MR) is 154 cm³/mol. The summed E-state index contributed by atoms with van der Waals surface area (Å²) in [5.41, 5.74) is 7.09. The van der Waals surface area contributed by atoms with Gasteiger partial charge in [-0.05, 0) is 24.6 Å². The van der Waals surface area contributed by atoms with E-state index in [9.17, 15) is 25.1 Å². The molecule has 0 radical (unpaired) electrons. The fourth-order valence-electron chi connectivity index (χ4n) is 4.05. The molecule has 0 atom stereocenters. The molecule has 3 N–H and O–H groups in total. The third-order valence-corrected chi connectivity index (χ3v) is 7.12. The SMILES string of the molecule is Cc1ccc(-c2nc(N/N=C(\Cc3ccccc3[N+](=O)[O-])C(=O)O)sc2-c2cccc(-n3cc(CO)nn3)c2)cc1. The molecule has 0 spiro atoms. The van der Waals surface area contributed by atoms with E-state index in [2.05, 4.69) is 20.8 Å². The molecule has 206 valence electrons. The number of rotatable bonds is 10. The summed E-state index contributed by atoms with van der Waals surface area (Å²) in [6.45, 7) is 1.76. The largest absolute Gasteiger partial charge is 0.477 e. The number of carboxylic acid groups (broad SMARTS) is 1. The molecule has 0 fully saturated rings. The number of aliphatic hydroxyl groups is 1. The van der Waals surface area contributed by atoms with E-state index in [0.717, 1.165) is 27.3 Å². The number of thiazole rings is 1. The lowest BCUT2D eigenvalue weighted by Crippen LogP contribution is -2.18. The summed E-state index contributed by atoms with van der Waals surface area (Å²) in [4.78, 5) is 28.3. The Hall–Kier alpha value is -5.27. The molecule has 41 heavy (non-hydrogen) atoms. The smallest absolute Gasteiger partial charge is 0.352 e. The number of hydrazone groups is 1. The lowest BCUT2D eigenvalue weighted by molar-refractivity contribution is -0.385. The molecule has 0 saturated carbocycles. The molecule has 0 aliphatic carbocycles. The highest BCUT2D eigenvalue weighted by atomic mass is 32.1. The summed E-state index contributed by atoms with van der Waals surface area (Å²) in [6, 6.07) is 21.3. The summed E-state index contributed by atoms with van der Waals surface area (Å²) in [5.74, 6) is -1.31. The van der Waals surface area contributed by atoms with Crippen LogP contribution < -0.4 is 5.43 Å². The second-order valence-corrected chi connectivity index (χ2v) is 9.96. The average Bonchev–Trinajstić information content (AvgIpc) is 3.63. The molecule has 0 aliphatic heterocycles. The summed E-state index contributed by atoms with van der Waals surface area (Å²) in [6.07, 6.45) is 1.39. The van der Waals surface area contributed by atoms with Gasteiger partial charge in [0.05, 0.1) is 34.0 Å². The number of aromatic nitrogens is 4. The zero-order chi connectivity index (χ0) is 28.9. The maximum absolute atomic E-state index is 12.0. The molecule has 2 aromatic heterocycles. The van der Waals surface area contributed by atoms with Crippen LogP contribution >= 0.6 is 11.3 Å². The van der Waals surface area contributed by atoms with Crippen molar-refractivity contribution in [3.63, 3.8) is 0 Å². The molecule has 12 nitrogen and oxygen atoms in total. The number of aliphatic carboxylic acids is 1. The lowest BCUT2D eigenvalue weighted by Gasteiger charge is -2.06. The van der Waals surface area contributed by atoms with Crippen LogP contribution in [-0.4, -0.2) is 46.8 Å². The van der Waals surface area contributed by atoms with Gasteiger partial charge in [-0.2, -0.15) is 5.10 Å². The second kappa shape index (κ2) is 11.9. The number of aliphatic hydroxyl groups excluding tert-OH is 1. The van der Waals surface area contributed by atoms with Crippen LogP contribution in [-0.2, 0) is 17.8 Å². The van der Waals surface area contributed by atoms with Crippen molar-refractivity contribution in [2.75, 3.05) is 5.43 Å². The number of hydrogen-bond donors (Lipinski definition) is 3. The third kappa shape index (κ3) is 6.16. The van der Waals surface area contributed by atoms with E-state index < -0.39 is 10.9 Å². The van der Waals surface area contributed by atoms with Crippen molar-refractivity contribution < 1.29 is 19.9 Å². The van der Waals surface area contributed by atoms with Crippen molar-refractivity contribution in [1.29, 1.82) is 0 Å². The van der Waals surface area contributed by atoms with Crippen molar-refractivity contribution in [3.05, 3.63) is 106 Å². The van der Waals surface area contributed by atoms with Gasteiger partial charge < -0.3 is 10.2 Å². The zero-order valence-electron chi connectivity index (χ0n) is 21.6. The van der Waals surface area contributed by atoms with Crippen molar-refractivity contribution in [1.82, 2.24) is 20.0 Å². The van der Waals surface area contributed by atoms with E-state index in [1.165, 1.54) is 29.5 Å². The minimum atomic E-state index is -1.31. The lowest BCUT2D eigenvalue weighted by atomic mass is 10.1. The van der Waals surface area contributed by atoms with Crippen LogP contribution in [0.2, 0.25) is 0 Å². The topological polar surface area (TPSA) is 169 Å². The number of carbonyl (C=O) groups is 1. The quantitative estimate of drug-likeness (QED) is 0.121. The van der Waals surface area contributed by atoms with Crippen molar-refractivity contribution in [3.8, 4) is 27.4 Å². The first-order valence-corrected chi connectivity index (χ1v) is 13.1. The van der Waals surface area contributed by atoms with Crippen LogP contribution in [0.3, 0.4) is 0 Å². The van der Waals surface area contributed by atoms with Gasteiger partial charge in [0.2, 0.25) is 5.13 Å². The number of nitro benzene ring substituents is 1. The van der Waals surface area contributed by atoms with Gasteiger partial charge in [0.25, 0.3) is 5.69 Å². The van der Waals surface area contributed by atoms with Gasteiger partial charge in [0.15, 0.2) is 0 Å². The molecule has 0 amide bonds. The first kappa shape index (κ1) is 27.3. The average molecular weight is 570 g/mol. The number of nitrogens with zero attached hydrogens (tertiary/aromatic N) is 6. The Morgan fingerprint density at radius 1 is 1.10 bits per heavy atom. The number of anilines is 1. The van der Waals surface area contributed by atoms with E-state index >= 15 is 0 Å². The molecule has 0 saturated heterocycles. The number of benzene rings is 3. The number of para-hydroxylation sites is 1. The fourth-order valence-corrected chi connectivity index (χ4v) is 4.98. The summed E-state index contributed by atoms with van der Waals surface area (Å²) >= 11 is 1.28. The molecule has 5 aromatic rings. The van der Waals surface area contributed by atoms with Crippen LogP contribution in [0.15, 0.2) is 84.1 Å². The monoisotopic (exact) mass is 569 g/mol.